The van der Waals surface area contributed by atoms with Crippen molar-refractivity contribution in [2.45, 2.75) is 26.7 Å². The minimum atomic E-state index is -1.33. The van der Waals surface area contributed by atoms with Crippen LogP contribution in [-0.2, 0) is 41.2 Å². The zero-order valence-corrected chi connectivity index (χ0v) is 20.0. The van der Waals surface area contributed by atoms with Gasteiger partial charge in [-0.3, -0.25) is 9.59 Å². The molecule has 0 bridgehead atoms. The molecule has 3 rings (SSSR count). The molecule has 27 heavy (non-hydrogen) atoms. The van der Waals surface area contributed by atoms with E-state index in [0.717, 1.165) is 23.7 Å². The molecule has 0 amide bonds. The van der Waals surface area contributed by atoms with E-state index in [1.54, 1.807) is 0 Å². The molecule has 146 valence electrons. The maximum absolute atomic E-state index is 12.5. The smallest absolute Gasteiger partial charge is 0.468 e. The number of hydrogen-bond acceptors (Lipinski definition) is 6. The standard InChI is InChI=1S/C18H21BI2O6/c1-17(2)8-26-19(27-9-17)12-5-13(20)10-6-18(15(22)24-3,16(23)25-4)7-11(10)14(12)21/h5H,6-9H2,1-4H3. The molecule has 0 aromatic heterocycles. The Bertz CT molecular complexity index is 769. The molecule has 1 heterocycles. The average Bonchev–Trinajstić information content (AvgIpc) is 3.06. The van der Waals surface area contributed by atoms with Gasteiger partial charge in [0.1, 0.15) is 0 Å². The topological polar surface area (TPSA) is 71.1 Å². The van der Waals surface area contributed by atoms with Crippen molar-refractivity contribution in [3.63, 3.8) is 0 Å². The lowest BCUT2D eigenvalue weighted by atomic mass is 9.75. The average molecular weight is 598 g/mol. The molecule has 6 nitrogen and oxygen atoms in total. The number of carbonyl (C=O) groups excluding carboxylic acids is 2. The maximum atomic E-state index is 12.5. The van der Waals surface area contributed by atoms with E-state index in [1.807, 2.05) is 6.07 Å². The van der Waals surface area contributed by atoms with E-state index in [0.29, 0.717) is 13.2 Å². The highest BCUT2D eigenvalue weighted by molar-refractivity contribution is 14.1. The Hall–Kier alpha value is -0.395. The van der Waals surface area contributed by atoms with E-state index in [9.17, 15) is 9.59 Å². The summed E-state index contributed by atoms with van der Waals surface area (Å²) in [6.07, 6.45) is 0.525. The zero-order valence-electron chi connectivity index (χ0n) is 15.7. The Morgan fingerprint density at radius 2 is 1.56 bits per heavy atom. The van der Waals surface area contributed by atoms with Crippen LogP contribution >= 0.6 is 45.2 Å². The molecule has 1 aliphatic heterocycles. The molecule has 1 aromatic rings. The fourth-order valence-electron chi connectivity index (χ4n) is 3.59. The van der Waals surface area contributed by atoms with Crippen molar-refractivity contribution in [3.05, 3.63) is 24.3 Å². The SMILES string of the molecule is COC(=O)C1(C(=O)OC)Cc2c(I)cc(B3OCC(C)(C)CO3)c(I)c2C1. The van der Waals surface area contributed by atoms with Gasteiger partial charge in [-0.1, -0.05) is 13.8 Å². The van der Waals surface area contributed by atoms with Crippen molar-refractivity contribution in [1.82, 2.24) is 0 Å². The number of halogens is 2. The molecule has 0 spiro atoms. The second-order valence-corrected chi connectivity index (χ2v) is 10.00. The predicted octanol–water partition coefficient (Wildman–Crippen LogP) is 2.09. The van der Waals surface area contributed by atoms with Crippen LogP contribution in [0.15, 0.2) is 6.07 Å². The number of hydrogen-bond donors (Lipinski definition) is 0. The van der Waals surface area contributed by atoms with Crippen LogP contribution in [0.3, 0.4) is 0 Å². The normalized spacial score (nSPS) is 20.1. The molecule has 1 saturated heterocycles. The third kappa shape index (κ3) is 3.76. The van der Waals surface area contributed by atoms with Gasteiger partial charge in [-0.2, -0.15) is 0 Å². The summed E-state index contributed by atoms with van der Waals surface area (Å²) >= 11 is 4.49. The minimum absolute atomic E-state index is 0.0171. The van der Waals surface area contributed by atoms with Gasteiger partial charge < -0.3 is 18.8 Å². The number of rotatable bonds is 3. The lowest BCUT2D eigenvalue weighted by molar-refractivity contribution is -0.168. The number of benzene rings is 1. The number of ether oxygens (including phenoxy) is 2. The summed E-state index contributed by atoms with van der Waals surface area (Å²) in [6.45, 7) is 5.41. The Balaban J connectivity index is 2.00. The monoisotopic (exact) mass is 598 g/mol. The number of fused-ring (bicyclic) bond motifs is 1. The third-order valence-electron chi connectivity index (χ3n) is 5.07. The van der Waals surface area contributed by atoms with E-state index in [-0.39, 0.29) is 18.3 Å². The molecule has 9 heteroatoms. The second kappa shape index (κ2) is 7.79. The zero-order chi connectivity index (χ0) is 20.0. The molecule has 0 atom stereocenters. The van der Waals surface area contributed by atoms with Crippen molar-refractivity contribution >= 4 is 69.7 Å². The van der Waals surface area contributed by atoms with Gasteiger partial charge in [0, 0.05) is 38.6 Å². The Morgan fingerprint density at radius 1 is 1.04 bits per heavy atom. The van der Waals surface area contributed by atoms with Crippen LogP contribution in [0.2, 0.25) is 0 Å². The van der Waals surface area contributed by atoms with Crippen LogP contribution in [0.1, 0.15) is 25.0 Å². The molecule has 1 aromatic carbocycles. The Kier molecular flexibility index (Phi) is 6.15. The molecule has 0 radical (unpaired) electrons. The number of carbonyl (C=O) groups is 2. The van der Waals surface area contributed by atoms with Gasteiger partial charge >= 0.3 is 19.1 Å². The highest BCUT2D eigenvalue weighted by Crippen LogP contribution is 2.42. The molecule has 0 N–H and O–H groups in total. The fraction of sp³-hybridized carbons (Fsp3) is 0.556. The van der Waals surface area contributed by atoms with Gasteiger partial charge in [-0.05, 0) is 67.8 Å². The van der Waals surface area contributed by atoms with Crippen molar-refractivity contribution in [2.24, 2.45) is 10.8 Å². The van der Waals surface area contributed by atoms with Crippen LogP contribution in [0.25, 0.3) is 0 Å². The van der Waals surface area contributed by atoms with Crippen molar-refractivity contribution in [3.8, 4) is 0 Å². The first-order chi connectivity index (χ1) is 12.6. The molecular formula is C18H21BI2O6. The quantitative estimate of drug-likeness (QED) is 0.230. The second-order valence-electron chi connectivity index (χ2n) is 7.76. The fourth-order valence-corrected chi connectivity index (χ4v) is 5.36. The maximum Gasteiger partial charge on any atom is 0.495 e. The van der Waals surface area contributed by atoms with Crippen LogP contribution in [0, 0.1) is 18.0 Å². The summed E-state index contributed by atoms with van der Waals surface area (Å²) in [6, 6.07) is 2.02. The molecule has 0 unspecified atom stereocenters. The molecule has 2 aliphatic rings. The van der Waals surface area contributed by atoms with Crippen LogP contribution in [-0.4, -0.2) is 46.5 Å². The van der Waals surface area contributed by atoms with E-state index in [2.05, 4.69) is 59.0 Å². The summed E-state index contributed by atoms with van der Waals surface area (Å²) in [5, 5.41) is 0. The molecule has 1 fully saturated rings. The number of methoxy groups -OCH3 is 2. The van der Waals surface area contributed by atoms with E-state index < -0.39 is 24.5 Å². The lowest BCUT2D eigenvalue weighted by Gasteiger charge is -2.33. The highest BCUT2D eigenvalue weighted by Gasteiger charge is 2.54. The summed E-state index contributed by atoms with van der Waals surface area (Å²) < 4.78 is 23.7. The Morgan fingerprint density at radius 3 is 2.07 bits per heavy atom. The predicted molar refractivity (Wildman–Crippen MR) is 117 cm³/mol. The van der Waals surface area contributed by atoms with Crippen LogP contribution in [0.4, 0.5) is 0 Å². The highest BCUT2D eigenvalue weighted by atomic mass is 127. The van der Waals surface area contributed by atoms with Crippen molar-refractivity contribution < 1.29 is 28.4 Å². The lowest BCUT2D eigenvalue weighted by Crippen LogP contribution is -2.48. The van der Waals surface area contributed by atoms with Crippen molar-refractivity contribution in [1.29, 1.82) is 0 Å². The van der Waals surface area contributed by atoms with E-state index >= 15 is 0 Å². The van der Waals surface area contributed by atoms with Gasteiger partial charge in [0.15, 0.2) is 5.41 Å². The first kappa shape index (κ1) is 21.3. The van der Waals surface area contributed by atoms with Gasteiger partial charge in [-0.25, -0.2) is 0 Å². The summed E-state index contributed by atoms with van der Waals surface area (Å²) in [5.41, 5.74) is 1.53. The summed E-state index contributed by atoms with van der Waals surface area (Å²) in [4.78, 5) is 25.0. The van der Waals surface area contributed by atoms with Crippen molar-refractivity contribution in [2.75, 3.05) is 27.4 Å². The molecule has 1 aliphatic carbocycles. The van der Waals surface area contributed by atoms with Crippen LogP contribution < -0.4 is 5.46 Å². The first-order valence-electron chi connectivity index (χ1n) is 8.55. The van der Waals surface area contributed by atoms with Gasteiger partial charge in [0.2, 0.25) is 0 Å². The molecule has 0 saturated carbocycles. The van der Waals surface area contributed by atoms with E-state index in [1.165, 1.54) is 14.2 Å². The largest absolute Gasteiger partial charge is 0.495 e. The van der Waals surface area contributed by atoms with E-state index in [4.69, 9.17) is 18.8 Å². The van der Waals surface area contributed by atoms with Gasteiger partial charge in [0.25, 0.3) is 0 Å². The molecular weight excluding hydrogens is 577 g/mol. The third-order valence-corrected chi connectivity index (χ3v) is 7.30. The Labute approximate surface area is 186 Å². The van der Waals surface area contributed by atoms with Gasteiger partial charge in [-0.15, -0.1) is 0 Å². The first-order valence-corrected chi connectivity index (χ1v) is 10.7. The van der Waals surface area contributed by atoms with Crippen LogP contribution in [0.5, 0.6) is 0 Å². The van der Waals surface area contributed by atoms with Gasteiger partial charge in [0.05, 0.1) is 14.2 Å². The summed E-state index contributed by atoms with van der Waals surface area (Å²) in [5.74, 6) is -1.13. The minimum Gasteiger partial charge on any atom is -0.468 e. The summed E-state index contributed by atoms with van der Waals surface area (Å²) in [7, 11) is 2.14. The number of esters is 2.